The number of aromatic nitrogens is 2. The number of piperidine rings is 1. The lowest BCUT2D eigenvalue weighted by molar-refractivity contribution is -0.162. The average Bonchev–Trinajstić information content (AvgIpc) is 2.96. The second kappa shape index (κ2) is 6.00. The quantitative estimate of drug-likeness (QED) is 0.780. The van der Waals surface area contributed by atoms with Gasteiger partial charge in [-0.2, -0.15) is 18.3 Å². The molecule has 1 aromatic carbocycles. The summed E-state index contributed by atoms with van der Waals surface area (Å²) in [5.41, 5.74) is 1.61. The van der Waals surface area contributed by atoms with Crippen LogP contribution in [0, 0.1) is 17.7 Å². The van der Waals surface area contributed by atoms with Crippen LogP contribution in [0.15, 0.2) is 36.5 Å². The summed E-state index contributed by atoms with van der Waals surface area (Å²) in [6.45, 7) is -0.825. The first kappa shape index (κ1) is 16.9. The SMILES string of the molecule is O=C(OCC(F)(F)F)N1C[C@@H]2C(c3ccn(-c4ccc(F)cc4)n3)[C@@H]2C1. The van der Waals surface area contributed by atoms with Gasteiger partial charge in [0.05, 0.1) is 11.4 Å². The van der Waals surface area contributed by atoms with Gasteiger partial charge in [-0.3, -0.25) is 0 Å². The minimum atomic E-state index is -4.52. The van der Waals surface area contributed by atoms with E-state index in [1.165, 1.54) is 17.0 Å². The van der Waals surface area contributed by atoms with Crippen molar-refractivity contribution >= 4 is 6.09 Å². The van der Waals surface area contributed by atoms with Gasteiger partial charge in [-0.15, -0.1) is 0 Å². The maximum absolute atomic E-state index is 13.0. The summed E-state index contributed by atoms with van der Waals surface area (Å²) in [5.74, 6) is 0.230. The number of carbonyl (C=O) groups is 1. The van der Waals surface area contributed by atoms with Crippen LogP contribution in [-0.4, -0.2) is 46.6 Å². The van der Waals surface area contributed by atoms with Crippen LogP contribution in [0.25, 0.3) is 5.69 Å². The van der Waals surface area contributed by atoms with Gasteiger partial charge in [0.15, 0.2) is 6.61 Å². The highest BCUT2D eigenvalue weighted by atomic mass is 19.4. The molecule has 26 heavy (non-hydrogen) atoms. The van der Waals surface area contributed by atoms with Crippen LogP contribution in [0.5, 0.6) is 0 Å². The summed E-state index contributed by atoms with van der Waals surface area (Å²) in [7, 11) is 0. The molecule has 1 aliphatic carbocycles. The van der Waals surface area contributed by atoms with E-state index in [0.29, 0.717) is 13.1 Å². The molecule has 0 bridgehead atoms. The Morgan fingerprint density at radius 2 is 1.81 bits per heavy atom. The smallest absolute Gasteiger partial charge is 0.422 e. The molecule has 1 unspecified atom stereocenters. The van der Waals surface area contributed by atoms with E-state index in [4.69, 9.17) is 0 Å². The van der Waals surface area contributed by atoms with Crippen LogP contribution < -0.4 is 0 Å². The maximum Gasteiger partial charge on any atom is 0.422 e. The zero-order valence-electron chi connectivity index (χ0n) is 13.5. The third-order valence-corrected chi connectivity index (χ3v) is 4.85. The molecule has 1 aromatic heterocycles. The molecule has 4 rings (SSSR count). The lowest BCUT2D eigenvalue weighted by Crippen LogP contribution is -2.34. The first-order valence-corrected chi connectivity index (χ1v) is 8.12. The molecule has 138 valence electrons. The number of carbonyl (C=O) groups excluding carboxylic acids is 1. The van der Waals surface area contributed by atoms with Crippen molar-refractivity contribution in [3.8, 4) is 5.69 Å². The number of ether oxygens (including phenoxy) is 1. The van der Waals surface area contributed by atoms with Crippen LogP contribution in [0.1, 0.15) is 11.6 Å². The molecule has 0 spiro atoms. The number of amides is 1. The van der Waals surface area contributed by atoms with Gasteiger partial charge in [-0.25, -0.2) is 13.9 Å². The number of alkyl halides is 3. The van der Waals surface area contributed by atoms with Crippen molar-refractivity contribution in [1.82, 2.24) is 14.7 Å². The Kier molecular flexibility index (Phi) is 3.89. The molecule has 1 saturated heterocycles. The summed E-state index contributed by atoms with van der Waals surface area (Å²) >= 11 is 0. The second-order valence-electron chi connectivity index (χ2n) is 6.59. The van der Waals surface area contributed by atoms with E-state index in [0.717, 1.165) is 11.4 Å². The highest BCUT2D eigenvalue weighted by Gasteiger charge is 2.58. The van der Waals surface area contributed by atoms with Crippen molar-refractivity contribution in [3.63, 3.8) is 0 Å². The number of likely N-dealkylation sites (tertiary alicyclic amines) is 1. The molecule has 0 N–H and O–H groups in total. The van der Waals surface area contributed by atoms with Gasteiger partial charge in [-0.1, -0.05) is 0 Å². The molecule has 1 amide bonds. The van der Waals surface area contributed by atoms with Crippen molar-refractivity contribution in [2.75, 3.05) is 19.7 Å². The Bertz CT molecular complexity index is 806. The summed E-state index contributed by atoms with van der Waals surface area (Å²) in [6.07, 6.45) is -3.66. The Hall–Kier alpha value is -2.58. The van der Waals surface area contributed by atoms with Crippen molar-refractivity contribution in [3.05, 3.63) is 48.0 Å². The fourth-order valence-corrected chi connectivity index (χ4v) is 3.60. The molecule has 1 saturated carbocycles. The molecule has 2 aromatic rings. The lowest BCUT2D eigenvalue weighted by Gasteiger charge is -2.19. The van der Waals surface area contributed by atoms with Gasteiger partial charge in [0, 0.05) is 25.2 Å². The molecule has 2 fully saturated rings. The van der Waals surface area contributed by atoms with E-state index in [9.17, 15) is 22.4 Å². The average molecular weight is 369 g/mol. The van der Waals surface area contributed by atoms with Crippen molar-refractivity contribution in [2.24, 2.45) is 11.8 Å². The molecular weight excluding hydrogens is 354 g/mol. The minimum absolute atomic E-state index is 0.184. The first-order valence-electron chi connectivity index (χ1n) is 8.12. The molecule has 0 radical (unpaired) electrons. The van der Waals surface area contributed by atoms with Gasteiger partial charge in [0.2, 0.25) is 0 Å². The summed E-state index contributed by atoms with van der Waals surface area (Å²) in [4.78, 5) is 13.0. The van der Waals surface area contributed by atoms with Gasteiger partial charge in [0.25, 0.3) is 0 Å². The third-order valence-electron chi connectivity index (χ3n) is 4.85. The number of hydrogen-bond acceptors (Lipinski definition) is 3. The fourth-order valence-electron chi connectivity index (χ4n) is 3.60. The second-order valence-corrected chi connectivity index (χ2v) is 6.59. The Morgan fingerprint density at radius 1 is 1.15 bits per heavy atom. The van der Waals surface area contributed by atoms with E-state index >= 15 is 0 Å². The van der Waals surface area contributed by atoms with E-state index in [2.05, 4.69) is 9.84 Å². The normalized spacial score (nSPS) is 24.5. The van der Waals surface area contributed by atoms with Crippen LogP contribution >= 0.6 is 0 Å². The van der Waals surface area contributed by atoms with Gasteiger partial charge >= 0.3 is 12.3 Å². The van der Waals surface area contributed by atoms with Crippen LogP contribution in [-0.2, 0) is 4.74 Å². The molecule has 3 atom stereocenters. The zero-order valence-corrected chi connectivity index (χ0v) is 13.5. The fraction of sp³-hybridized carbons (Fsp3) is 0.412. The topological polar surface area (TPSA) is 47.4 Å². The van der Waals surface area contributed by atoms with Crippen LogP contribution in [0.4, 0.5) is 22.4 Å². The van der Waals surface area contributed by atoms with E-state index in [1.807, 2.05) is 6.07 Å². The van der Waals surface area contributed by atoms with Crippen molar-refractivity contribution in [2.45, 2.75) is 12.1 Å². The molecule has 9 heteroatoms. The van der Waals surface area contributed by atoms with E-state index in [-0.39, 0.29) is 23.6 Å². The number of benzene rings is 1. The van der Waals surface area contributed by atoms with Crippen LogP contribution in [0.2, 0.25) is 0 Å². The maximum atomic E-state index is 13.0. The molecule has 2 aliphatic rings. The first-order chi connectivity index (χ1) is 12.3. The number of rotatable bonds is 3. The number of hydrogen-bond donors (Lipinski definition) is 0. The van der Waals surface area contributed by atoms with Gasteiger partial charge in [0.1, 0.15) is 5.82 Å². The van der Waals surface area contributed by atoms with Crippen molar-refractivity contribution in [1.29, 1.82) is 0 Å². The third kappa shape index (κ3) is 3.25. The Balaban J connectivity index is 1.35. The predicted octanol–water partition coefficient (Wildman–Crippen LogP) is 3.36. The number of fused-ring (bicyclic) bond motifs is 1. The zero-order chi connectivity index (χ0) is 18.5. The van der Waals surface area contributed by atoms with Crippen molar-refractivity contribution < 1.29 is 27.1 Å². The summed E-state index contributed by atoms with van der Waals surface area (Å²) < 4.78 is 55.3. The van der Waals surface area contributed by atoms with Crippen LogP contribution in [0.3, 0.4) is 0 Å². The molecular formula is C17H15F4N3O2. The Morgan fingerprint density at radius 3 is 2.42 bits per heavy atom. The largest absolute Gasteiger partial charge is 0.440 e. The number of nitrogens with zero attached hydrogens (tertiary/aromatic N) is 3. The Labute approximate surface area is 146 Å². The molecule has 5 nitrogen and oxygen atoms in total. The minimum Gasteiger partial charge on any atom is -0.440 e. The van der Waals surface area contributed by atoms with E-state index in [1.54, 1.807) is 23.0 Å². The molecule has 2 heterocycles. The molecule has 1 aliphatic heterocycles. The summed E-state index contributed by atoms with van der Waals surface area (Å²) in [5, 5.41) is 4.50. The van der Waals surface area contributed by atoms with Gasteiger partial charge in [-0.05, 0) is 42.2 Å². The lowest BCUT2D eigenvalue weighted by atomic mass is 10.2. The highest BCUT2D eigenvalue weighted by Crippen LogP contribution is 2.57. The highest BCUT2D eigenvalue weighted by molar-refractivity contribution is 5.68. The predicted molar refractivity (Wildman–Crippen MR) is 82.2 cm³/mol. The standard InChI is InChI=1S/C17H15F4N3O2/c18-10-1-3-11(4-2-10)24-6-5-14(22-24)15-12-7-23(8-13(12)15)16(25)26-9-17(19,20)21/h1-6,12-13,15H,7-9H2/t12-,13+,15?. The van der Waals surface area contributed by atoms with Gasteiger partial charge < -0.3 is 9.64 Å². The summed E-state index contributed by atoms with van der Waals surface area (Å²) in [6, 6.07) is 7.83. The van der Waals surface area contributed by atoms with E-state index < -0.39 is 18.9 Å². The monoisotopic (exact) mass is 369 g/mol. The number of halogens is 4.